The van der Waals surface area contributed by atoms with Gasteiger partial charge in [0.1, 0.15) is 13.2 Å². The molecule has 2 atom stereocenters. The van der Waals surface area contributed by atoms with Gasteiger partial charge in [-0.3, -0.25) is 14.8 Å². The predicted octanol–water partition coefficient (Wildman–Crippen LogP) is 2.42. The highest BCUT2D eigenvalue weighted by molar-refractivity contribution is 7.50. The number of rotatable bonds is 1. The summed E-state index contributed by atoms with van der Waals surface area (Å²) < 4.78 is 15.6. The average Bonchev–Trinajstić information content (AvgIpc) is 2.98. The zero-order valence-electron chi connectivity index (χ0n) is 11.7. The quantitative estimate of drug-likeness (QED) is 0.744. The Balaban J connectivity index is 0.000000367. The highest BCUT2D eigenvalue weighted by Gasteiger charge is 2.50. The van der Waals surface area contributed by atoms with Crippen molar-refractivity contribution in [3.63, 3.8) is 0 Å². The van der Waals surface area contributed by atoms with Crippen molar-refractivity contribution in [2.75, 3.05) is 19.8 Å². The van der Waals surface area contributed by atoms with Crippen LogP contribution in [0.15, 0.2) is 11.8 Å². The molecule has 3 rings (SSSR count). The smallest absolute Gasteiger partial charge is 0.258 e. The molecule has 3 aliphatic rings. The Morgan fingerprint density at radius 2 is 2.00 bits per heavy atom. The highest BCUT2D eigenvalue weighted by atomic mass is 31.1. The van der Waals surface area contributed by atoms with Crippen LogP contribution in [0, 0.1) is 5.92 Å². The van der Waals surface area contributed by atoms with E-state index in [-0.39, 0.29) is 0 Å². The van der Waals surface area contributed by atoms with Gasteiger partial charge in [-0.15, -0.1) is 0 Å². The lowest BCUT2D eigenvalue weighted by Crippen LogP contribution is -2.33. The van der Waals surface area contributed by atoms with Gasteiger partial charge in [0.15, 0.2) is 8.37 Å². The normalized spacial score (nSPS) is 28.8. The van der Waals surface area contributed by atoms with Gasteiger partial charge in [-0.1, -0.05) is 34.1 Å². The van der Waals surface area contributed by atoms with E-state index < -0.39 is 8.37 Å². The largest absolute Gasteiger partial charge is 0.473 e. The summed E-state index contributed by atoms with van der Waals surface area (Å²) in [6.07, 6.45) is 1.25. The molecule has 3 heterocycles. The third-order valence-corrected chi connectivity index (χ3v) is 4.91. The molecule has 0 aromatic rings. The molecule has 2 N–H and O–H groups in total. The van der Waals surface area contributed by atoms with Crippen LogP contribution in [-0.4, -0.2) is 35.1 Å². The lowest BCUT2D eigenvalue weighted by molar-refractivity contribution is 0.189. The number of ether oxygens (including phenoxy) is 2. The highest BCUT2D eigenvalue weighted by Crippen LogP contribution is 2.56. The van der Waals surface area contributed by atoms with Gasteiger partial charge in [0.25, 0.3) is 11.8 Å². The topological polar surface area (TPSA) is 51.0 Å². The molecule has 0 aromatic heterocycles. The Morgan fingerprint density at radius 1 is 1.33 bits per heavy atom. The van der Waals surface area contributed by atoms with Crippen molar-refractivity contribution in [2.45, 2.75) is 40.2 Å². The van der Waals surface area contributed by atoms with Gasteiger partial charge in [-0.05, 0) is 5.92 Å². The number of hydrogen-bond donors (Lipinski definition) is 1. The maximum atomic E-state index is 6.25. The fraction of sp³-hybridized carbons (Fsp3) is 0.833. The molecule has 5 nitrogen and oxygen atoms in total. The minimum atomic E-state index is -0.775. The van der Waals surface area contributed by atoms with E-state index in [4.69, 9.17) is 15.0 Å². The van der Waals surface area contributed by atoms with Crippen LogP contribution >= 0.6 is 8.37 Å². The second-order valence-corrected chi connectivity index (χ2v) is 6.63. The van der Waals surface area contributed by atoms with E-state index in [1.165, 1.54) is 6.42 Å². The van der Waals surface area contributed by atoms with Crippen LogP contribution in [0.1, 0.15) is 34.1 Å². The molecular formula is C12H24N3O2P. The predicted molar refractivity (Wildman–Crippen MR) is 73.2 cm³/mol. The SMILES string of the molecule is CC(C)C1COC2=C3OCCN3P(N)N21.CCC. The summed E-state index contributed by atoms with van der Waals surface area (Å²) in [7, 11) is -0.775. The molecule has 3 aliphatic heterocycles. The summed E-state index contributed by atoms with van der Waals surface area (Å²) >= 11 is 0. The van der Waals surface area contributed by atoms with Crippen LogP contribution in [0.4, 0.5) is 0 Å². The molecule has 2 unspecified atom stereocenters. The number of fused-ring (bicyclic) bond motifs is 2. The average molecular weight is 273 g/mol. The van der Waals surface area contributed by atoms with E-state index in [2.05, 4.69) is 37.0 Å². The molecule has 18 heavy (non-hydrogen) atoms. The van der Waals surface area contributed by atoms with Gasteiger partial charge in [-0.25, -0.2) is 0 Å². The zero-order chi connectivity index (χ0) is 13.3. The Morgan fingerprint density at radius 3 is 2.61 bits per heavy atom. The van der Waals surface area contributed by atoms with Crippen LogP contribution in [0.5, 0.6) is 0 Å². The first kappa shape index (κ1) is 13.8. The minimum Gasteiger partial charge on any atom is -0.473 e. The number of nitrogens with two attached hydrogens (primary N) is 1. The van der Waals surface area contributed by atoms with Crippen LogP contribution in [-0.2, 0) is 9.47 Å². The maximum Gasteiger partial charge on any atom is 0.258 e. The Kier molecular flexibility index (Phi) is 4.23. The summed E-state index contributed by atoms with van der Waals surface area (Å²) in [5, 5.41) is 0. The van der Waals surface area contributed by atoms with Crippen LogP contribution in [0.3, 0.4) is 0 Å². The molecule has 0 aliphatic carbocycles. The fourth-order valence-corrected chi connectivity index (χ4v) is 4.04. The van der Waals surface area contributed by atoms with E-state index in [1.54, 1.807) is 0 Å². The zero-order valence-corrected chi connectivity index (χ0v) is 12.6. The summed E-state index contributed by atoms with van der Waals surface area (Å²) in [6, 6.07) is 0.401. The molecule has 2 fully saturated rings. The van der Waals surface area contributed by atoms with E-state index in [0.717, 1.165) is 31.5 Å². The molecule has 0 spiro atoms. The Labute approximate surface area is 111 Å². The first-order chi connectivity index (χ1) is 8.61. The lowest BCUT2D eigenvalue weighted by Gasteiger charge is -2.29. The van der Waals surface area contributed by atoms with Crippen molar-refractivity contribution in [2.24, 2.45) is 11.4 Å². The fourth-order valence-electron chi connectivity index (χ4n) is 2.22. The molecule has 0 amide bonds. The second-order valence-electron chi connectivity index (χ2n) is 5.08. The van der Waals surface area contributed by atoms with Crippen molar-refractivity contribution in [1.82, 2.24) is 9.34 Å². The third-order valence-electron chi connectivity index (χ3n) is 3.11. The molecule has 0 bridgehead atoms. The number of hydrogen-bond acceptors (Lipinski definition) is 5. The van der Waals surface area contributed by atoms with Crippen LogP contribution in [0.2, 0.25) is 0 Å². The summed E-state index contributed by atoms with van der Waals surface area (Å²) in [6.45, 7) is 11.0. The van der Waals surface area contributed by atoms with Gasteiger partial charge in [-0.2, -0.15) is 0 Å². The third kappa shape index (κ3) is 2.14. The molecule has 0 saturated carbocycles. The lowest BCUT2D eigenvalue weighted by atomic mass is 10.1. The molecule has 6 heteroatoms. The second kappa shape index (κ2) is 5.54. The van der Waals surface area contributed by atoms with Crippen molar-refractivity contribution < 1.29 is 9.47 Å². The summed E-state index contributed by atoms with van der Waals surface area (Å²) in [5.41, 5.74) is 6.25. The van der Waals surface area contributed by atoms with Gasteiger partial charge in [0, 0.05) is 0 Å². The van der Waals surface area contributed by atoms with Gasteiger partial charge in [0.2, 0.25) is 0 Å². The summed E-state index contributed by atoms with van der Waals surface area (Å²) in [5.74, 6) is 2.29. The first-order valence-electron chi connectivity index (χ1n) is 6.73. The van der Waals surface area contributed by atoms with Gasteiger partial charge < -0.3 is 9.47 Å². The molecule has 0 radical (unpaired) electrons. The first-order valence-corrected chi connectivity index (χ1v) is 8.04. The minimum absolute atomic E-state index is 0.401. The van der Waals surface area contributed by atoms with Crippen LogP contribution in [0.25, 0.3) is 0 Å². The van der Waals surface area contributed by atoms with Gasteiger partial charge >= 0.3 is 0 Å². The van der Waals surface area contributed by atoms with Gasteiger partial charge in [0.05, 0.1) is 12.6 Å². The molecule has 2 saturated heterocycles. The van der Waals surface area contributed by atoms with E-state index in [0.29, 0.717) is 12.0 Å². The summed E-state index contributed by atoms with van der Waals surface area (Å²) in [4.78, 5) is 0. The maximum absolute atomic E-state index is 6.25. The van der Waals surface area contributed by atoms with Crippen molar-refractivity contribution >= 4 is 8.37 Å². The standard InChI is InChI=1S/C9H16N3O2P.C3H8/c1-6(2)7-5-14-9-8-11(3-4-13-8)15(10)12(7)9;1-3-2/h6-7H,3-5,10H2,1-2H3;3H2,1-2H3. The Bertz CT molecular complexity index is 335. The monoisotopic (exact) mass is 273 g/mol. The molecular weight excluding hydrogens is 249 g/mol. The van der Waals surface area contributed by atoms with E-state index in [1.807, 2.05) is 0 Å². The molecule has 0 aromatic carbocycles. The van der Waals surface area contributed by atoms with E-state index >= 15 is 0 Å². The van der Waals surface area contributed by atoms with E-state index in [9.17, 15) is 0 Å². The molecule has 104 valence electrons. The van der Waals surface area contributed by atoms with Crippen molar-refractivity contribution in [1.29, 1.82) is 0 Å². The van der Waals surface area contributed by atoms with Crippen molar-refractivity contribution in [3.8, 4) is 0 Å². The number of nitrogens with zero attached hydrogens (tertiary/aromatic N) is 2. The van der Waals surface area contributed by atoms with Crippen LogP contribution < -0.4 is 5.50 Å². The Hall–Kier alpha value is -0.670. The van der Waals surface area contributed by atoms with Crippen molar-refractivity contribution in [3.05, 3.63) is 11.8 Å².